The first-order chi connectivity index (χ1) is 8.24. The Morgan fingerprint density at radius 1 is 1.59 bits per heavy atom. The van der Waals surface area contributed by atoms with E-state index in [9.17, 15) is 4.79 Å². The molecule has 1 N–H and O–H groups in total. The number of nitrogens with zero attached hydrogens (tertiary/aromatic N) is 4. The van der Waals surface area contributed by atoms with Crippen molar-refractivity contribution in [2.24, 2.45) is 0 Å². The SMILES string of the molecule is CCn1c(Sc2cccc(C#N)n2)n[nH]c1=O. The van der Waals surface area contributed by atoms with Crippen molar-refractivity contribution in [2.75, 3.05) is 0 Å². The van der Waals surface area contributed by atoms with Gasteiger partial charge in [-0.05, 0) is 30.8 Å². The molecular formula is C10H9N5OS. The van der Waals surface area contributed by atoms with E-state index in [1.807, 2.05) is 13.0 Å². The van der Waals surface area contributed by atoms with Gasteiger partial charge in [-0.3, -0.25) is 4.57 Å². The topological polar surface area (TPSA) is 87.4 Å². The lowest BCUT2D eigenvalue weighted by Gasteiger charge is -2.01. The van der Waals surface area contributed by atoms with Gasteiger partial charge in [-0.25, -0.2) is 14.9 Å². The van der Waals surface area contributed by atoms with Crippen LogP contribution in [0.4, 0.5) is 0 Å². The number of rotatable bonds is 3. The first kappa shape index (κ1) is 11.4. The highest BCUT2D eigenvalue weighted by Gasteiger charge is 2.09. The molecule has 6 nitrogen and oxygen atoms in total. The fourth-order valence-corrected chi connectivity index (χ4v) is 2.18. The summed E-state index contributed by atoms with van der Waals surface area (Å²) in [6.45, 7) is 2.40. The summed E-state index contributed by atoms with van der Waals surface area (Å²) in [4.78, 5) is 15.4. The van der Waals surface area contributed by atoms with E-state index in [1.165, 1.54) is 16.3 Å². The van der Waals surface area contributed by atoms with Crippen LogP contribution in [0, 0.1) is 11.3 Å². The fourth-order valence-electron chi connectivity index (χ4n) is 1.29. The van der Waals surface area contributed by atoms with E-state index >= 15 is 0 Å². The van der Waals surface area contributed by atoms with Crippen molar-refractivity contribution in [3.63, 3.8) is 0 Å². The van der Waals surface area contributed by atoms with E-state index in [0.717, 1.165) is 0 Å². The second-order valence-corrected chi connectivity index (χ2v) is 4.12. The summed E-state index contributed by atoms with van der Waals surface area (Å²) in [7, 11) is 0. The summed E-state index contributed by atoms with van der Waals surface area (Å²) in [5.74, 6) is 0. The maximum Gasteiger partial charge on any atom is 0.343 e. The zero-order valence-corrected chi connectivity index (χ0v) is 9.86. The lowest BCUT2D eigenvalue weighted by atomic mass is 10.4. The summed E-state index contributed by atoms with van der Waals surface area (Å²) in [6, 6.07) is 7.11. The van der Waals surface area contributed by atoms with E-state index in [0.29, 0.717) is 22.4 Å². The summed E-state index contributed by atoms with van der Waals surface area (Å²) in [5, 5.41) is 16.2. The van der Waals surface area contributed by atoms with E-state index in [1.54, 1.807) is 18.2 Å². The molecule has 2 heterocycles. The van der Waals surface area contributed by atoms with Crippen LogP contribution in [-0.2, 0) is 6.54 Å². The molecule has 0 aliphatic carbocycles. The van der Waals surface area contributed by atoms with Gasteiger partial charge < -0.3 is 0 Å². The predicted molar refractivity (Wildman–Crippen MR) is 61.6 cm³/mol. The third-order valence-corrected chi connectivity index (χ3v) is 3.00. The Morgan fingerprint density at radius 3 is 3.12 bits per heavy atom. The summed E-state index contributed by atoms with van der Waals surface area (Å²) < 4.78 is 1.51. The van der Waals surface area contributed by atoms with E-state index in [4.69, 9.17) is 5.26 Å². The molecule has 0 spiro atoms. The number of nitrogens with one attached hydrogen (secondary N) is 1. The lowest BCUT2D eigenvalue weighted by molar-refractivity contribution is 0.660. The highest BCUT2D eigenvalue weighted by atomic mass is 32.2. The van der Waals surface area contributed by atoms with Crippen molar-refractivity contribution in [3.8, 4) is 6.07 Å². The van der Waals surface area contributed by atoms with Crippen molar-refractivity contribution in [3.05, 3.63) is 34.4 Å². The monoisotopic (exact) mass is 247 g/mol. The molecule has 0 amide bonds. The molecule has 86 valence electrons. The van der Waals surface area contributed by atoms with Gasteiger partial charge in [0, 0.05) is 6.54 Å². The average Bonchev–Trinajstić information content (AvgIpc) is 2.70. The second kappa shape index (κ2) is 4.84. The van der Waals surface area contributed by atoms with Gasteiger partial charge in [0.25, 0.3) is 0 Å². The maximum atomic E-state index is 11.3. The minimum Gasteiger partial charge on any atom is -0.270 e. The molecule has 0 aliphatic rings. The first-order valence-electron chi connectivity index (χ1n) is 4.94. The Morgan fingerprint density at radius 2 is 2.41 bits per heavy atom. The Bertz CT molecular complexity index is 624. The second-order valence-electron chi connectivity index (χ2n) is 3.13. The number of aromatic amines is 1. The Kier molecular flexibility index (Phi) is 3.25. The van der Waals surface area contributed by atoms with Gasteiger partial charge in [-0.2, -0.15) is 5.26 Å². The van der Waals surface area contributed by atoms with Crippen molar-refractivity contribution >= 4 is 11.8 Å². The van der Waals surface area contributed by atoms with Crippen LogP contribution in [0.2, 0.25) is 0 Å². The zero-order valence-electron chi connectivity index (χ0n) is 9.04. The highest BCUT2D eigenvalue weighted by Crippen LogP contribution is 2.22. The molecule has 2 aromatic heterocycles. The fraction of sp³-hybridized carbons (Fsp3) is 0.200. The molecule has 0 aromatic carbocycles. The van der Waals surface area contributed by atoms with Crippen LogP contribution in [0.25, 0.3) is 0 Å². The molecule has 0 aliphatic heterocycles. The number of nitriles is 1. The highest BCUT2D eigenvalue weighted by molar-refractivity contribution is 7.99. The van der Waals surface area contributed by atoms with Crippen molar-refractivity contribution in [1.82, 2.24) is 19.7 Å². The number of pyridine rings is 1. The molecule has 2 aromatic rings. The van der Waals surface area contributed by atoms with Crippen molar-refractivity contribution < 1.29 is 0 Å². The smallest absolute Gasteiger partial charge is 0.270 e. The van der Waals surface area contributed by atoms with Gasteiger partial charge in [-0.15, -0.1) is 5.10 Å². The Balaban J connectivity index is 2.31. The van der Waals surface area contributed by atoms with Crippen LogP contribution in [-0.4, -0.2) is 19.7 Å². The van der Waals surface area contributed by atoms with Crippen molar-refractivity contribution in [2.45, 2.75) is 23.7 Å². The minimum absolute atomic E-state index is 0.244. The van der Waals surface area contributed by atoms with Gasteiger partial charge in [0.15, 0.2) is 5.16 Å². The Hall–Kier alpha value is -2.07. The first-order valence-corrected chi connectivity index (χ1v) is 5.76. The molecule has 17 heavy (non-hydrogen) atoms. The van der Waals surface area contributed by atoms with Crippen LogP contribution in [0.1, 0.15) is 12.6 Å². The van der Waals surface area contributed by atoms with Crippen LogP contribution in [0.5, 0.6) is 0 Å². The van der Waals surface area contributed by atoms with Crippen LogP contribution in [0.3, 0.4) is 0 Å². The summed E-state index contributed by atoms with van der Waals surface area (Å²) in [5.41, 5.74) is 0.0994. The quantitative estimate of drug-likeness (QED) is 0.874. The van der Waals surface area contributed by atoms with Crippen LogP contribution in [0.15, 0.2) is 33.2 Å². The van der Waals surface area contributed by atoms with Gasteiger partial charge in [-0.1, -0.05) is 6.07 Å². The van der Waals surface area contributed by atoms with E-state index < -0.39 is 0 Å². The maximum absolute atomic E-state index is 11.3. The molecule has 2 rings (SSSR count). The average molecular weight is 247 g/mol. The van der Waals surface area contributed by atoms with E-state index in [-0.39, 0.29) is 5.69 Å². The predicted octanol–water partition coefficient (Wildman–Crippen LogP) is 1.01. The molecule has 0 saturated carbocycles. The Labute approximate surface area is 101 Å². The van der Waals surface area contributed by atoms with Gasteiger partial charge in [0.05, 0.1) is 0 Å². The number of aromatic nitrogens is 4. The van der Waals surface area contributed by atoms with Gasteiger partial charge >= 0.3 is 5.69 Å². The van der Waals surface area contributed by atoms with Crippen LogP contribution >= 0.6 is 11.8 Å². The molecule has 0 fully saturated rings. The lowest BCUT2D eigenvalue weighted by Crippen LogP contribution is -2.16. The number of hydrogen-bond acceptors (Lipinski definition) is 5. The third kappa shape index (κ3) is 2.37. The molecule has 0 unspecified atom stereocenters. The van der Waals surface area contributed by atoms with Gasteiger partial charge in [0.1, 0.15) is 16.8 Å². The third-order valence-electron chi connectivity index (χ3n) is 2.07. The molecule has 0 atom stereocenters. The molecule has 0 bridgehead atoms. The minimum atomic E-state index is -0.244. The summed E-state index contributed by atoms with van der Waals surface area (Å²) >= 11 is 1.25. The van der Waals surface area contributed by atoms with E-state index in [2.05, 4.69) is 15.2 Å². The standard InChI is InChI=1S/C10H9N5OS/c1-2-15-9(16)13-14-10(15)17-8-5-3-4-7(6-11)12-8/h3-5H,2H2,1H3,(H,13,16). The van der Waals surface area contributed by atoms with Gasteiger partial charge in [0.2, 0.25) is 0 Å². The largest absolute Gasteiger partial charge is 0.343 e. The van der Waals surface area contributed by atoms with Crippen molar-refractivity contribution in [1.29, 1.82) is 5.26 Å². The normalized spacial score (nSPS) is 10.1. The number of H-pyrrole nitrogens is 1. The number of hydrogen-bond donors (Lipinski definition) is 1. The summed E-state index contributed by atoms with van der Waals surface area (Å²) in [6.07, 6.45) is 0. The molecule has 0 radical (unpaired) electrons. The zero-order chi connectivity index (χ0) is 12.3. The molecular weight excluding hydrogens is 238 g/mol. The van der Waals surface area contributed by atoms with Crippen LogP contribution < -0.4 is 5.69 Å². The molecule has 0 saturated heterocycles. The molecule has 7 heteroatoms.